The summed E-state index contributed by atoms with van der Waals surface area (Å²) in [6, 6.07) is 12.4. The highest BCUT2D eigenvalue weighted by molar-refractivity contribution is 6.06. The number of hydrogen-bond donors (Lipinski definition) is 3. The van der Waals surface area contributed by atoms with E-state index >= 15 is 0 Å². The molecule has 0 aliphatic carbocycles. The molecule has 3 N–H and O–H groups in total. The van der Waals surface area contributed by atoms with Crippen LogP contribution in [0.5, 0.6) is 0 Å². The fourth-order valence-corrected chi connectivity index (χ4v) is 2.52. The van der Waals surface area contributed by atoms with Gasteiger partial charge in [0.25, 0.3) is 11.8 Å². The number of benzene rings is 2. The summed E-state index contributed by atoms with van der Waals surface area (Å²) in [6.07, 6.45) is -0.108. The first-order chi connectivity index (χ1) is 14.3. The van der Waals surface area contributed by atoms with Gasteiger partial charge in [-0.15, -0.1) is 0 Å². The van der Waals surface area contributed by atoms with Crippen molar-refractivity contribution in [1.29, 1.82) is 0 Å². The first kappa shape index (κ1) is 22.8. The van der Waals surface area contributed by atoms with E-state index in [1.54, 1.807) is 43.3 Å². The lowest BCUT2D eigenvalue weighted by Gasteiger charge is -2.20. The Morgan fingerprint density at radius 2 is 1.73 bits per heavy atom. The third-order valence-electron chi connectivity index (χ3n) is 4.04. The highest BCUT2D eigenvalue weighted by atomic mass is 19.1. The molecular weight excluding hydrogens is 391 g/mol. The first-order valence-corrected chi connectivity index (χ1v) is 9.31. The van der Waals surface area contributed by atoms with E-state index in [1.807, 2.05) is 0 Å². The zero-order chi connectivity index (χ0) is 22.1. The Morgan fingerprint density at radius 1 is 1.10 bits per heavy atom. The van der Waals surface area contributed by atoms with Crippen LogP contribution in [0.1, 0.15) is 29.8 Å². The van der Waals surface area contributed by atoms with Gasteiger partial charge in [-0.25, -0.2) is 9.18 Å². The van der Waals surface area contributed by atoms with E-state index in [9.17, 15) is 23.9 Å². The predicted molar refractivity (Wildman–Crippen MR) is 109 cm³/mol. The highest BCUT2D eigenvalue weighted by Crippen LogP contribution is 2.12. The van der Waals surface area contributed by atoms with Crippen LogP contribution in [-0.4, -0.2) is 41.6 Å². The molecule has 7 nitrogen and oxygen atoms in total. The molecule has 2 amide bonds. The smallest absolute Gasteiger partial charge is 0.331 e. The molecule has 0 unspecified atom stereocenters. The Labute approximate surface area is 173 Å². The molecular formula is C22H23FN2O5. The van der Waals surface area contributed by atoms with Crippen LogP contribution < -0.4 is 10.6 Å². The minimum atomic E-state index is -1.37. The van der Waals surface area contributed by atoms with E-state index in [1.165, 1.54) is 25.1 Å². The van der Waals surface area contributed by atoms with Gasteiger partial charge in [-0.05, 0) is 38.1 Å². The maximum atomic E-state index is 14.1. The monoisotopic (exact) mass is 414 g/mol. The molecule has 0 saturated heterocycles. The van der Waals surface area contributed by atoms with Crippen LogP contribution in [0.25, 0.3) is 6.08 Å². The number of esters is 1. The molecule has 0 aliphatic rings. The summed E-state index contributed by atoms with van der Waals surface area (Å²) in [5, 5.41) is 14.6. The lowest BCUT2D eigenvalue weighted by molar-refractivity contribution is -0.150. The Morgan fingerprint density at radius 3 is 2.33 bits per heavy atom. The fraction of sp³-hybridized carbons (Fsp3) is 0.227. The zero-order valence-electron chi connectivity index (χ0n) is 16.6. The van der Waals surface area contributed by atoms with Crippen molar-refractivity contribution in [3.8, 4) is 0 Å². The molecule has 2 aromatic carbocycles. The zero-order valence-corrected chi connectivity index (χ0v) is 16.6. The second-order valence-electron chi connectivity index (χ2n) is 6.34. The number of amides is 2. The predicted octanol–water partition coefficient (Wildman–Crippen LogP) is 2.03. The number of aliphatic hydroxyl groups excluding tert-OH is 1. The summed E-state index contributed by atoms with van der Waals surface area (Å²) in [5.74, 6) is -2.92. The molecule has 0 spiro atoms. The minimum Gasteiger partial charge on any atom is -0.464 e. The molecule has 30 heavy (non-hydrogen) atoms. The maximum absolute atomic E-state index is 14.1. The molecule has 0 saturated carbocycles. The van der Waals surface area contributed by atoms with Gasteiger partial charge in [0.15, 0.2) is 6.04 Å². The van der Waals surface area contributed by atoms with Crippen molar-refractivity contribution in [3.05, 3.63) is 77.2 Å². The molecule has 0 radical (unpaired) electrons. The SMILES string of the molecule is CCOC(=O)[C@@H](NC(=O)/C(=C/c1ccccc1F)NC(=O)c1ccccc1)[C@@H](C)O. The lowest BCUT2D eigenvalue weighted by atomic mass is 10.1. The Balaban J connectivity index is 2.34. The number of ether oxygens (including phenoxy) is 1. The molecule has 0 aromatic heterocycles. The van der Waals surface area contributed by atoms with E-state index in [-0.39, 0.29) is 23.4 Å². The van der Waals surface area contributed by atoms with Gasteiger partial charge in [0.05, 0.1) is 12.7 Å². The van der Waals surface area contributed by atoms with Crippen LogP contribution in [0.3, 0.4) is 0 Å². The van der Waals surface area contributed by atoms with Gasteiger partial charge >= 0.3 is 5.97 Å². The van der Waals surface area contributed by atoms with Crippen LogP contribution in [0.2, 0.25) is 0 Å². The summed E-state index contributed by atoms with van der Waals surface area (Å²) < 4.78 is 18.9. The van der Waals surface area contributed by atoms with Gasteiger partial charge in [-0.3, -0.25) is 9.59 Å². The summed E-state index contributed by atoms with van der Waals surface area (Å²) in [7, 11) is 0. The molecule has 158 valence electrons. The summed E-state index contributed by atoms with van der Waals surface area (Å²) in [6.45, 7) is 2.95. The van der Waals surface area contributed by atoms with Gasteiger partial charge in [0.2, 0.25) is 0 Å². The van der Waals surface area contributed by atoms with Crippen LogP contribution >= 0.6 is 0 Å². The van der Waals surface area contributed by atoms with E-state index < -0.39 is 35.7 Å². The van der Waals surface area contributed by atoms with Crippen LogP contribution in [-0.2, 0) is 14.3 Å². The Hall–Kier alpha value is -3.52. The highest BCUT2D eigenvalue weighted by Gasteiger charge is 2.28. The lowest BCUT2D eigenvalue weighted by Crippen LogP contribution is -2.50. The minimum absolute atomic E-state index is 0.0561. The summed E-state index contributed by atoms with van der Waals surface area (Å²) >= 11 is 0. The van der Waals surface area contributed by atoms with Gasteiger partial charge in [0.1, 0.15) is 11.5 Å². The van der Waals surface area contributed by atoms with Crippen molar-refractivity contribution in [2.24, 2.45) is 0 Å². The van der Waals surface area contributed by atoms with Gasteiger partial charge in [-0.2, -0.15) is 0 Å². The van der Waals surface area contributed by atoms with Gasteiger partial charge < -0.3 is 20.5 Å². The number of aliphatic hydroxyl groups is 1. The third-order valence-corrected chi connectivity index (χ3v) is 4.04. The number of halogens is 1. The maximum Gasteiger partial charge on any atom is 0.331 e. The van der Waals surface area contributed by atoms with E-state index in [0.29, 0.717) is 0 Å². The molecule has 0 heterocycles. The van der Waals surface area contributed by atoms with E-state index in [0.717, 1.165) is 6.08 Å². The van der Waals surface area contributed by atoms with Crippen LogP contribution in [0, 0.1) is 5.82 Å². The second-order valence-corrected chi connectivity index (χ2v) is 6.34. The number of carbonyl (C=O) groups is 3. The third kappa shape index (κ3) is 6.25. The average Bonchev–Trinajstić information content (AvgIpc) is 2.73. The van der Waals surface area contributed by atoms with Crippen molar-refractivity contribution in [3.63, 3.8) is 0 Å². The second kappa shape index (κ2) is 10.9. The Kier molecular flexibility index (Phi) is 8.25. The van der Waals surface area contributed by atoms with Crippen molar-refractivity contribution < 1.29 is 28.6 Å². The standard InChI is InChI=1S/C22H23FN2O5/c1-3-30-22(29)19(14(2)26)25-21(28)18(13-16-11-7-8-12-17(16)23)24-20(27)15-9-5-4-6-10-15/h4-14,19,26H,3H2,1-2H3,(H,24,27)(H,25,28)/b18-13-/t14-,19+/m1/s1. The van der Waals surface area contributed by atoms with Crippen molar-refractivity contribution in [1.82, 2.24) is 10.6 Å². The van der Waals surface area contributed by atoms with Crippen molar-refractivity contribution in [2.75, 3.05) is 6.61 Å². The van der Waals surface area contributed by atoms with E-state index in [2.05, 4.69) is 10.6 Å². The summed E-state index contributed by atoms with van der Waals surface area (Å²) in [5.41, 5.74) is 0.0341. The topological polar surface area (TPSA) is 105 Å². The molecule has 2 aromatic rings. The number of hydrogen-bond acceptors (Lipinski definition) is 5. The molecule has 0 aliphatic heterocycles. The summed E-state index contributed by atoms with van der Waals surface area (Å²) in [4.78, 5) is 37.4. The largest absolute Gasteiger partial charge is 0.464 e. The van der Waals surface area contributed by atoms with E-state index in [4.69, 9.17) is 4.74 Å². The molecule has 2 atom stereocenters. The molecule has 2 rings (SSSR count). The average molecular weight is 414 g/mol. The molecule has 0 fully saturated rings. The first-order valence-electron chi connectivity index (χ1n) is 9.31. The van der Waals surface area contributed by atoms with Gasteiger partial charge in [-0.1, -0.05) is 36.4 Å². The number of rotatable bonds is 8. The molecule has 0 bridgehead atoms. The van der Waals surface area contributed by atoms with Crippen LogP contribution in [0.15, 0.2) is 60.3 Å². The number of carbonyl (C=O) groups excluding carboxylic acids is 3. The van der Waals surface area contributed by atoms with Crippen LogP contribution in [0.4, 0.5) is 4.39 Å². The van der Waals surface area contributed by atoms with Crippen molar-refractivity contribution in [2.45, 2.75) is 26.0 Å². The fourth-order valence-electron chi connectivity index (χ4n) is 2.52. The number of nitrogens with one attached hydrogen (secondary N) is 2. The van der Waals surface area contributed by atoms with Crippen molar-refractivity contribution >= 4 is 23.9 Å². The normalized spacial score (nSPS) is 13.1. The quantitative estimate of drug-likeness (QED) is 0.453. The Bertz CT molecular complexity index is 928. The molecule has 8 heteroatoms. The van der Waals surface area contributed by atoms with Gasteiger partial charge in [0, 0.05) is 11.1 Å².